The number of carboxylic acids is 1. The van der Waals surface area contributed by atoms with Crippen molar-refractivity contribution < 1.29 is 81.8 Å². The Bertz CT molecular complexity index is 6340. The average molecular weight is 2030 g/mol. The summed E-state index contributed by atoms with van der Waals surface area (Å²) in [4.78, 5) is 129. The number of pyridine rings is 1. The molecule has 32 heteroatoms. The van der Waals surface area contributed by atoms with Gasteiger partial charge in [0.25, 0.3) is 11.8 Å². The van der Waals surface area contributed by atoms with Crippen molar-refractivity contribution >= 4 is 92.6 Å². The maximum absolute atomic E-state index is 12.4. The van der Waals surface area contributed by atoms with Crippen LogP contribution in [0.3, 0.4) is 0 Å². The molecule has 4 amide bonds. The molecule has 0 atom stereocenters. The number of nitrogens with one attached hydrogen (secondary N) is 3. The van der Waals surface area contributed by atoms with Crippen molar-refractivity contribution in [3.05, 3.63) is 356 Å². The predicted octanol–water partition coefficient (Wildman–Crippen LogP) is 17.0. The molecule has 2 aliphatic heterocycles. The van der Waals surface area contributed by atoms with Crippen LogP contribution in [0.4, 0.5) is 28.4 Å². The molecule has 0 spiro atoms. The first-order valence-corrected chi connectivity index (χ1v) is 49.8. The first-order valence-electron chi connectivity index (χ1n) is 49.8. The fourth-order valence-corrected chi connectivity index (χ4v) is 14.6. The van der Waals surface area contributed by atoms with E-state index in [4.69, 9.17) is 67.9 Å². The second-order valence-electron chi connectivity index (χ2n) is 35.3. The van der Waals surface area contributed by atoms with Crippen LogP contribution in [0.2, 0.25) is 0 Å². The Labute approximate surface area is 871 Å². The highest BCUT2D eigenvalue weighted by molar-refractivity contribution is 6.01. The highest BCUT2D eigenvalue weighted by Gasteiger charge is 2.25. The van der Waals surface area contributed by atoms with Crippen molar-refractivity contribution in [2.45, 2.75) is 145 Å². The lowest BCUT2D eigenvalue weighted by molar-refractivity contribution is -0.137. The Morgan fingerprint density at radius 3 is 1.46 bits per heavy atom. The number of carboxylic acid groups (broad SMARTS) is 1. The fourth-order valence-electron chi connectivity index (χ4n) is 14.6. The Morgan fingerprint density at radius 1 is 0.483 bits per heavy atom. The zero-order valence-corrected chi connectivity index (χ0v) is 86.7. The van der Waals surface area contributed by atoms with Gasteiger partial charge in [0, 0.05) is 129 Å². The Kier molecular flexibility index (Phi) is 50.2. The standard InChI is InChI=1S/C30H27NO4.C18H35N3O6.C15H15N3O2.C14H19NO2.C14H15NO.C10H12O2.C9H10N2.C7H8N4/c1-20-4-6-21(7-5-20)28(32)34-26-16-10-23(11-17-26)30(2,3)24-12-18-27(19-13-24)35-29(33)22-8-14-25(31)15-9-22;1-2-17(22)20-4-10-24-8-3-9-25-11-6-21(18(23)16-19)7-13-27-15-14-26-12-5-20;1-10-2-4-11(5-3-10)14(19)17-18-15(20)12-6-8-13(16)9-7-12;1-2-11(16)7-3-6-10-14(17)12-8-4-5-9-13(12)15;1-3-11-6-7-12(9-10(11)2)14-13(16)5-4-8-15-14;1-8-2-4-9(5-3-8)6-7-10(11)12;1-2-9-10-7-5-3-4-6-8(7)11-9;8-4-1-2-5-7(6(4)9)11-3-10-5/h4-19H,31H2,1-3H3;2-16,19H2,1H3;2-9H,16H2,1H3,(H,17,19)(H,18,20);4-5,8-9H,2-3,6-7,10,15H2,1H3;4-9,16H,3H2,1-2H3;2-5H,6-7H2,1H3,(H,11,12);3-6H,2H2,1H3,(H,10,11);1-2H,3,8-9H2. The molecule has 1 saturated heterocycles. The van der Waals surface area contributed by atoms with E-state index in [1.807, 2.05) is 156 Å². The average Bonchev–Trinajstić information content (AvgIpc) is 1.31. The summed E-state index contributed by atoms with van der Waals surface area (Å²) in [5, 5.41) is 19.7. The predicted molar refractivity (Wildman–Crippen MR) is 584 cm³/mol. The number of aromatic nitrogens is 3. The first kappa shape index (κ1) is 118. The van der Waals surface area contributed by atoms with Crippen LogP contribution in [0.5, 0.6) is 17.2 Å². The molecule has 0 bridgehead atoms. The molecule has 17 N–H and O–H groups in total. The van der Waals surface area contributed by atoms with Gasteiger partial charge >= 0.3 is 17.9 Å². The minimum atomic E-state index is -0.740. The van der Waals surface area contributed by atoms with Crippen molar-refractivity contribution in [1.29, 1.82) is 0 Å². The van der Waals surface area contributed by atoms with Crippen molar-refractivity contribution in [3.63, 3.8) is 0 Å². The number of hydrazine groups is 1. The number of carbonyl (C=O) groups is 9. The van der Waals surface area contributed by atoms with Gasteiger partial charge in [0.05, 0.1) is 85.1 Å². The van der Waals surface area contributed by atoms with Crippen molar-refractivity contribution in [3.8, 4) is 28.5 Å². The van der Waals surface area contributed by atoms with Gasteiger partial charge in [-0.3, -0.25) is 59.4 Å². The van der Waals surface area contributed by atoms with E-state index in [9.17, 15) is 48.3 Å². The molecule has 0 aliphatic carbocycles. The lowest BCUT2D eigenvalue weighted by Crippen LogP contribution is -2.41. The number of nitrogen functional groups attached to an aromatic ring is 5. The second kappa shape index (κ2) is 63.3. The van der Waals surface area contributed by atoms with E-state index in [1.165, 1.54) is 16.7 Å². The third-order valence-corrected chi connectivity index (χ3v) is 23.7. The molecule has 15 rings (SSSR count). The summed E-state index contributed by atoms with van der Waals surface area (Å²) in [6, 6.07) is 78.5. The number of nitrogens with zero attached hydrogens (tertiary/aromatic N) is 6. The lowest BCUT2D eigenvalue weighted by atomic mass is 9.78. The van der Waals surface area contributed by atoms with Crippen molar-refractivity contribution in [2.75, 3.05) is 121 Å². The van der Waals surface area contributed by atoms with Gasteiger partial charge in [-0.05, 0) is 239 Å². The van der Waals surface area contributed by atoms with E-state index in [1.54, 1.807) is 143 Å². The van der Waals surface area contributed by atoms with Crippen molar-refractivity contribution in [2.24, 2.45) is 15.7 Å². The number of fused-ring (bicyclic) bond motifs is 2. The summed E-state index contributed by atoms with van der Waals surface area (Å²) >= 11 is 0. The fraction of sp³-hybridized carbons (Fsp3) is 0.308. The van der Waals surface area contributed by atoms with Gasteiger partial charge in [0.1, 0.15) is 46.6 Å². The van der Waals surface area contributed by atoms with Gasteiger partial charge in [0.2, 0.25) is 11.8 Å². The molecule has 149 heavy (non-hydrogen) atoms. The maximum atomic E-state index is 12.4. The summed E-state index contributed by atoms with van der Waals surface area (Å²) in [7, 11) is 0. The zero-order valence-electron chi connectivity index (χ0n) is 86.7. The van der Waals surface area contributed by atoms with E-state index in [2.05, 4.69) is 82.5 Å². The SMILES string of the molecule is CCC(=O)CCCCC(=O)c1ccccc1N.CCC(=O)N1CCOCCCOCCN(C(=O)CN)CCOCCOCC1.CCc1ccc(-c2ncccc2O)cc1C.CCc1nc2ccccc2[nH]1.Cc1ccc(C(=O)NNC(=O)c2ccc(N)cc2)cc1.Cc1ccc(C(=O)Oc2ccc(C(C)(C)c3ccc(OC(=O)c4ccc(N)cc4)cc3)cc2)cc1.Cc1ccc(CCC(=O)O)cc1.Nc1ccc2c(c1N)=NCN=2. The first-order chi connectivity index (χ1) is 71.7. The van der Waals surface area contributed by atoms with Gasteiger partial charge < -0.3 is 87.8 Å². The number of para-hydroxylation sites is 3. The number of esters is 2. The van der Waals surface area contributed by atoms with E-state index >= 15 is 0 Å². The van der Waals surface area contributed by atoms with Gasteiger partial charge in [-0.2, -0.15) is 0 Å². The second-order valence-corrected chi connectivity index (χ2v) is 35.3. The molecule has 4 heterocycles. The number of hydrogen-bond donors (Lipinski definition) is 11. The van der Waals surface area contributed by atoms with Crippen LogP contribution >= 0.6 is 0 Å². The van der Waals surface area contributed by atoms with Gasteiger partial charge in [0.15, 0.2) is 5.78 Å². The summed E-state index contributed by atoms with van der Waals surface area (Å²) in [6.07, 6.45) is 8.91. The number of H-pyrrole nitrogens is 1. The summed E-state index contributed by atoms with van der Waals surface area (Å²) in [5.41, 5.74) is 56.2. The number of aryl methyl sites for hydroxylation is 7. The zero-order chi connectivity index (χ0) is 108. The van der Waals surface area contributed by atoms with E-state index in [-0.39, 0.29) is 59.4 Å². The number of imidazole rings is 1. The summed E-state index contributed by atoms with van der Waals surface area (Å²) in [5.74, 6) is 0.209. The number of aromatic amines is 1. The molecule has 0 saturated carbocycles. The number of Topliss-reactive ketones (excluding diaryl/α,β-unsaturated/α-hetero) is 2. The molecule has 0 unspecified atom stereocenters. The topological polar surface area (TPSA) is 502 Å². The molecule has 11 aromatic carbocycles. The largest absolute Gasteiger partial charge is 0.506 e. The Hall–Kier alpha value is -16.1. The van der Waals surface area contributed by atoms with E-state index in [0.29, 0.717) is 191 Å². The van der Waals surface area contributed by atoms with Gasteiger partial charge in [-0.15, -0.1) is 0 Å². The number of carbonyl (C=O) groups excluding carboxylic acids is 8. The number of unbranched alkanes of at least 4 members (excludes halogenated alkanes) is 1. The van der Waals surface area contributed by atoms with Gasteiger partial charge in [-0.1, -0.05) is 167 Å². The van der Waals surface area contributed by atoms with Crippen LogP contribution in [0, 0.1) is 27.7 Å². The molecule has 2 aromatic heterocycles. The molecule has 0 radical (unpaired) electrons. The van der Waals surface area contributed by atoms with E-state index in [0.717, 1.165) is 93.1 Å². The van der Waals surface area contributed by atoms with E-state index < -0.39 is 17.8 Å². The maximum Gasteiger partial charge on any atom is 0.343 e. The number of amides is 4. The lowest BCUT2D eigenvalue weighted by Gasteiger charge is -2.26. The molecule has 2 aliphatic rings. The van der Waals surface area contributed by atoms with Crippen LogP contribution in [0.25, 0.3) is 22.3 Å². The highest BCUT2D eigenvalue weighted by atomic mass is 16.5. The van der Waals surface area contributed by atoms with Crippen LogP contribution in [-0.4, -0.2) is 180 Å². The summed E-state index contributed by atoms with van der Waals surface area (Å²) in [6.45, 7) is 26.5. The summed E-state index contributed by atoms with van der Waals surface area (Å²) < 4.78 is 33.2. The molecule has 13 aromatic rings. The quantitative estimate of drug-likeness (QED) is 0.00707. The van der Waals surface area contributed by atoms with Crippen molar-refractivity contribution in [1.82, 2.24) is 35.6 Å². The number of ketones is 2. The number of nitrogens with two attached hydrogens (primary N) is 6. The van der Waals surface area contributed by atoms with Crippen LogP contribution in [0.1, 0.15) is 195 Å². The number of hydrogen-bond acceptors (Lipinski definition) is 26. The number of ether oxygens (including phenoxy) is 6. The van der Waals surface area contributed by atoms with Crippen LogP contribution < -0.4 is 65.4 Å². The molecule has 786 valence electrons. The van der Waals surface area contributed by atoms with Gasteiger partial charge in [-0.25, -0.2) is 14.6 Å². The van der Waals surface area contributed by atoms with Crippen LogP contribution in [0.15, 0.2) is 277 Å². The number of anilines is 5. The minimum absolute atomic E-state index is 0.0239. The normalized spacial score (nSPS) is 12.4. The monoisotopic (exact) mass is 2030 g/mol. The number of aromatic hydroxyl groups is 1. The number of aliphatic carboxylic acids is 1. The third kappa shape index (κ3) is 41.0. The number of rotatable bonds is 23. The smallest absolute Gasteiger partial charge is 0.343 e. The minimum Gasteiger partial charge on any atom is -0.506 e. The molecular formula is C117H141N15O17. The molecule has 32 nitrogen and oxygen atoms in total. The number of benzene rings is 11. The highest BCUT2D eigenvalue weighted by Crippen LogP contribution is 2.35. The Morgan fingerprint density at radius 2 is 0.973 bits per heavy atom. The van der Waals surface area contributed by atoms with Crippen LogP contribution in [-0.2, 0) is 62.8 Å². The third-order valence-electron chi connectivity index (χ3n) is 23.7. The molecular weight excluding hydrogens is 1890 g/mol. The molecule has 1 fully saturated rings. The Balaban J connectivity index is 0.000000214.